The lowest BCUT2D eigenvalue weighted by atomic mass is 10.0. The van der Waals surface area contributed by atoms with Crippen LogP contribution in [-0.4, -0.2) is 54.8 Å². The summed E-state index contributed by atoms with van der Waals surface area (Å²) in [6.07, 6.45) is 21.7. The smallest absolute Gasteiger partial charge is 0.307 e. The fourth-order valence-electron chi connectivity index (χ4n) is 6.92. The third kappa shape index (κ3) is 14.7. The first-order chi connectivity index (χ1) is 25.0. The lowest BCUT2D eigenvalue weighted by Crippen LogP contribution is -2.46. The summed E-state index contributed by atoms with van der Waals surface area (Å²) in [5.41, 5.74) is 1.51. The number of ether oxygens (including phenoxy) is 2. The summed E-state index contributed by atoms with van der Waals surface area (Å²) >= 11 is 12.6. The molecule has 1 fully saturated rings. The number of benzene rings is 2. The highest BCUT2D eigenvalue weighted by Crippen LogP contribution is 2.33. The van der Waals surface area contributed by atoms with Crippen LogP contribution >= 0.6 is 23.2 Å². The number of esters is 1. The Bertz CT molecular complexity index is 1510. The van der Waals surface area contributed by atoms with Crippen molar-refractivity contribution in [2.75, 3.05) is 44.2 Å². The second-order valence-electron chi connectivity index (χ2n) is 14.1. The Morgan fingerprint density at radius 1 is 0.725 bits per heavy atom. The third-order valence-corrected chi connectivity index (χ3v) is 10.9. The van der Waals surface area contributed by atoms with Crippen LogP contribution in [0.25, 0.3) is 10.9 Å². The van der Waals surface area contributed by atoms with Crippen LogP contribution in [0.4, 0.5) is 5.69 Å². The van der Waals surface area contributed by atoms with Gasteiger partial charge in [0.05, 0.1) is 27.9 Å². The maximum Gasteiger partial charge on any atom is 0.307 e. The maximum atomic E-state index is 12.8. The van der Waals surface area contributed by atoms with Crippen molar-refractivity contribution in [3.63, 3.8) is 0 Å². The van der Waals surface area contributed by atoms with Gasteiger partial charge < -0.3 is 14.4 Å². The number of anilines is 1. The summed E-state index contributed by atoms with van der Waals surface area (Å²) in [7, 11) is 0. The molecule has 0 bridgehead atoms. The first kappa shape index (κ1) is 41.0. The van der Waals surface area contributed by atoms with Crippen LogP contribution in [0.5, 0.6) is 5.75 Å². The molecular formula is C42H61Cl2N3O4. The molecular weight excluding hydrogens is 681 g/mol. The standard InChI is InChI=1S/C42H61Cl2N3O4/c1-2-3-4-5-6-7-8-9-10-11-12-13-14-15-16-22-41(49)51-34-47-39-33-36(25-23-35(39)24-26-40(47)48)50-32-18-17-27-45-28-30-46(31-29-45)38-21-19-20-37(43)42(38)44/h19-21,23-26,33H,2-18,22,27-32,34H2,1H3. The molecule has 1 aromatic heterocycles. The zero-order chi connectivity index (χ0) is 36.1. The Morgan fingerprint density at radius 3 is 2.02 bits per heavy atom. The van der Waals surface area contributed by atoms with Gasteiger partial charge in [-0.15, -0.1) is 0 Å². The molecule has 1 saturated heterocycles. The van der Waals surface area contributed by atoms with E-state index in [1.165, 1.54) is 87.7 Å². The molecule has 1 aliphatic heterocycles. The number of hydrogen-bond acceptors (Lipinski definition) is 6. The van der Waals surface area contributed by atoms with E-state index in [4.69, 9.17) is 32.7 Å². The van der Waals surface area contributed by atoms with Gasteiger partial charge in [0.25, 0.3) is 5.56 Å². The van der Waals surface area contributed by atoms with E-state index >= 15 is 0 Å². The van der Waals surface area contributed by atoms with Gasteiger partial charge in [-0.2, -0.15) is 0 Å². The van der Waals surface area contributed by atoms with Crippen molar-refractivity contribution >= 4 is 45.8 Å². The highest BCUT2D eigenvalue weighted by atomic mass is 35.5. The number of rotatable bonds is 25. The van der Waals surface area contributed by atoms with Crippen molar-refractivity contribution in [2.45, 2.75) is 129 Å². The van der Waals surface area contributed by atoms with Crippen molar-refractivity contribution in [3.8, 4) is 5.75 Å². The van der Waals surface area contributed by atoms with Crippen LogP contribution in [0.1, 0.15) is 122 Å². The van der Waals surface area contributed by atoms with Crippen LogP contribution in [0, 0.1) is 0 Å². The molecule has 0 saturated carbocycles. The number of halogens is 2. The van der Waals surface area contributed by atoms with E-state index in [-0.39, 0.29) is 18.3 Å². The normalized spacial score (nSPS) is 13.6. The average molecular weight is 743 g/mol. The first-order valence-electron chi connectivity index (χ1n) is 19.8. The molecule has 0 radical (unpaired) electrons. The van der Waals surface area contributed by atoms with Crippen molar-refractivity contribution < 1.29 is 14.3 Å². The van der Waals surface area contributed by atoms with E-state index in [2.05, 4.69) is 16.7 Å². The van der Waals surface area contributed by atoms with E-state index in [1.54, 1.807) is 6.07 Å². The molecule has 9 heteroatoms. The van der Waals surface area contributed by atoms with Gasteiger partial charge in [-0.1, -0.05) is 126 Å². The molecule has 282 valence electrons. The SMILES string of the molecule is CCCCCCCCCCCCCCCCCC(=O)OCn1c(=O)ccc2ccc(OCCCCN3CCN(c4cccc(Cl)c4Cl)CC3)cc21. The summed E-state index contributed by atoms with van der Waals surface area (Å²) in [4.78, 5) is 30.0. The molecule has 3 aromatic rings. The number of unbranched alkanes of at least 4 members (excludes halogenated alkanes) is 15. The average Bonchev–Trinajstić information content (AvgIpc) is 3.14. The van der Waals surface area contributed by atoms with Crippen molar-refractivity contribution in [1.29, 1.82) is 0 Å². The predicted molar refractivity (Wildman–Crippen MR) is 214 cm³/mol. The predicted octanol–water partition coefficient (Wildman–Crippen LogP) is 11.1. The van der Waals surface area contributed by atoms with Gasteiger partial charge in [0, 0.05) is 44.7 Å². The number of pyridine rings is 1. The van der Waals surface area contributed by atoms with Gasteiger partial charge in [-0.3, -0.25) is 19.1 Å². The zero-order valence-corrected chi connectivity index (χ0v) is 32.5. The Hall–Kier alpha value is -2.74. The summed E-state index contributed by atoms with van der Waals surface area (Å²) in [5.74, 6) is 0.452. The van der Waals surface area contributed by atoms with Gasteiger partial charge in [0.2, 0.25) is 0 Å². The second kappa shape index (κ2) is 23.7. The van der Waals surface area contributed by atoms with E-state index in [9.17, 15) is 9.59 Å². The Morgan fingerprint density at radius 2 is 1.35 bits per heavy atom. The lowest BCUT2D eigenvalue weighted by molar-refractivity contribution is -0.147. The van der Waals surface area contributed by atoms with Gasteiger partial charge in [-0.25, -0.2) is 0 Å². The minimum atomic E-state index is -0.254. The minimum Gasteiger partial charge on any atom is -0.494 e. The molecule has 0 unspecified atom stereocenters. The Kier molecular flexibility index (Phi) is 19.1. The number of aromatic nitrogens is 1. The number of hydrogen-bond donors (Lipinski definition) is 0. The summed E-state index contributed by atoms with van der Waals surface area (Å²) in [6, 6.07) is 14.9. The highest BCUT2D eigenvalue weighted by Gasteiger charge is 2.19. The topological polar surface area (TPSA) is 64.0 Å². The van der Waals surface area contributed by atoms with E-state index in [0.717, 1.165) is 75.9 Å². The molecule has 4 rings (SSSR count). The minimum absolute atomic E-state index is 0.0893. The van der Waals surface area contributed by atoms with Crippen LogP contribution in [0.15, 0.2) is 53.3 Å². The van der Waals surface area contributed by atoms with Crippen LogP contribution < -0.4 is 15.2 Å². The number of fused-ring (bicyclic) bond motifs is 1. The van der Waals surface area contributed by atoms with E-state index < -0.39 is 0 Å². The first-order valence-corrected chi connectivity index (χ1v) is 20.5. The summed E-state index contributed by atoms with van der Waals surface area (Å²) in [6.45, 7) is 7.60. The highest BCUT2D eigenvalue weighted by molar-refractivity contribution is 6.43. The quantitative estimate of drug-likeness (QED) is 0.0636. The Balaban J connectivity index is 1.07. The number of piperazine rings is 1. The molecule has 2 heterocycles. The van der Waals surface area contributed by atoms with E-state index in [0.29, 0.717) is 34.3 Å². The van der Waals surface area contributed by atoms with Gasteiger partial charge in [0.15, 0.2) is 6.73 Å². The fraction of sp³-hybridized carbons (Fsp3) is 0.619. The third-order valence-electron chi connectivity index (χ3n) is 10.1. The molecule has 0 spiro atoms. The monoisotopic (exact) mass is 741 g/mol. The molecule has 1 aliphatic rings. The van der Waals surface area contributed by atoms with Crippen LogP contribution in [-0.2, 0) is 16.3 Å². The maximum absolute atomic E-state index is 12.8. The van der Waals surface area contributed by atoms with Gasteiger partial charge >= 0.3 is 5.97 Å². The molecule has 0 amide bonds. The summed E-state index contributed by atoms with van der Waals surface area (Å²) in [5, 5.41) is 2.12. The number of nitrogens with zero attached hydrogens (tertiary/aromatic N) is 3. The van der Waals surface area contributed by atoms with Gasteiger partial charge in [0.1, 0.15) is 5.75 Å². The van der Waals surface area contributed by atoms with Crippen molar-refractivity contribution in [2.24, 2.45) is 0 Å². The van der Waals surface area contributed by atoms with Crippen molar-refractivity contribution in [3.05, 3.63) is 68.9 Å². The molecule has 7 nitrogen and oxygen atoms in total. The molecule has 0 N–H and O–H groups in total. The number of carbonyl (C=O) groups is 1. The van der Waals surface area contributed by atoms with Gasteiger partial charge in [-0.05, 0) is 61.5 Å². The largest absolute Gasteiger partial charge is 0.494 e. The second-order valence-corrected chi connectivity index (χ2v) is 14.9. The molecule has 0 aliphatic carbocycles. The number of carbonyl (C=O) groups excluding carboxylic acids is 1. The van der Waals surface area contributed by atoms with E-state index in [1.807, 2.05) is 36.4 Å². The zero-order valence-electron chi connectivity index (χ0n) is 31.0. The summed E-state index contributed by atoms with van der Waals surface area (Å²) < 4.78 is 13.2. The van der Waals surface area contributed by atoms with Crippen LogP contribution in [0.2, 0.25) is 10.0 Å². The van der Waals surface area contributed by atoms with Crippen LogP contribution in [0.3, 0.4) is 0 Å². The van der Waals surface area contributed by atoms with Crippen molar-refractivity contribution in [1.82, 2.24) is 9.47 Å². The lowest BCUT2D eigenvalue weighted by Gasteiger charge is -2.36. The molecule has 2 aromatic carbocycles. The fourth-order valence-corrected chi connectivity index (χ4v) is 7.33. The molecule has 0 atom stereocenters. The Labute approximate surface area is 316 Å². The molecule has 51 heavy (non-hydrogen) atoms.